The molecular formula is C46H44N4O7. The number of Topliss-reactive ketones (excluding diaryl/α,β-unsaturated/α-hetero) is 1. The van der Waals surface area contributed by atoms with Crippen molar-refractivity contribution in [2.75, 3.05) is 5.32 Å². The van der Waals surface area contributed by atoms with E-state index in [0.717, 1.165) is 22.3 Å². The van der Waals surface area contributed by atoms with E-state index >= 15 is 0 Å². The Hall–Kier alpha value is -6.88. The molecule has 5 N–H and O–H groups in total. The van der Waals surface area contributed by atoms with Gasteiger partial charge >= 0.3 is 5.97 Å². The minimum absolute atomic E-state index is 0.0278. The van der Waals surface area contributed by atoms with Crippen LogP contribution in [0.1, 0.15) is 47.6 Å². The highest BCUT2D eigenvalue weighted by molar-refractivity contribution is 5.97. The molecule has 2 heterocycles. The lowest BCUT2D eigenvalue weighted by atomic mass is 9.90. The molecule has 2 aliphatic rings. The van der Waals surface area contributed by atoms with E-state index in [9.17, 15) is 33.9 Å². The maximum absolute atomic E-state index is 14.4. The average Bonchev–Trinajstić information content (AvgIpc) is 3.22. The number of hydrogen-bond donors (Lipinski definition) is 5. The maximum Gasteiger partial charge on any atom is 0.307 e. The molecule has 0 spiro atoms. The number of amides is 4. The van der Waals surface area contributed by atoms with E-state index in [-0.39, 0.29) is 38.5 Å². The van der Waals surface area contributed by atoms with Crippen molar-refractivity contribution in [2.24, 2.45) is 5.92 Å². The molecule has 290 valence electrons. The Morgan fingerprint density at radius 1 is 0.544 bits per heavy atom. The molecule has 4 atom stereocenters. The van der Waals surface area contributed by atoms with Crippen molar-refractivity contribution in [3.63, 3.8) is 0 Å². The van der Waals surface area contributed by atoms with Gasteiger partial charge in [0.15, 0.2) is 5.78 Å². The maximum atomic E-state index is 14.4. The van der Waals surface area contributed by atoms with Gasteiger partial charge in [-0.1, -0.05) is 127 Å². The highest BCUT2D eigenvalue weighted by Crippen LogP contribution is 2.22. The fourth-order valence-corrected chi connectivity index (χ4v) is 6.80. The molecule has 0 unspecified atom stereocenters. The minimum Gasteiger partial charge on any atom is -0.481 e. The molecule has 11 nitrogen and oxygen atoms in total. The van der Waals surface area contributed by atoms with Gasteiger partial charge in [0.25, 0.3) is 0 Å². The zero-order valence-electron chi connectivity index (χ0n) is 31.2. The van der Waals surface area contributed by atoms with E-state index in [4.69, 9.17) is 0 Å². The Morgan fingerprint density at radius 2 is 1.09 bits per heavy atom. The Bertz CT molecular complexity index is 2180. The summed E-state index contributed by atoms with van der Waals surface area (Å²) in [6.07, 6.45) is -0.621. The third-order valence-corrected chi connectivity index (χ3v) is 9.92. The molecule has 11 heteroatoms. The summed E-state index contributed by atoms with van der Waals surface area (Å²) in [5, 5.41) is 21.4. The number of carboxylic acids is 1. The van der Waals surface area contributed by atoms with Crippen molar-refractivity contribution >= 4 is 41.1 Å². The lowest BCUT2D eigenvalue weighted by Crippen LogP contribution is -2.55. The highest BCUT2D eigenvalue weighted by Gasteiger charge is 2.33. The van der Waals surface area contributed by atoms with E-state index in [1.54, 1.807) is 54.6 Å². The van der Waals surface area contributed by atoms with Crippen molar-refractivity contribution < 1.29 is 33.9 Å². The Labute approximate surface area is 330 Å². The molecule has 2 aliphatic heterocycles. The van der Waals surface area contributed by atoms with Crippen molar-refractivity contribution in [3.8, 4) is 11.1 Å². The second-order valence-electron chi connectivity index (χ2n) is 14.1. The second-order valence-corrected chi connectivity index (χ2v) is 14.1. The summed E-state index contributed by atoms with van der Waals surface area (Å²) in [6.45, 7) is 0. The van der Waals surface area contributed by atoms with Crippen LogP contribution in [0, 0.1) is 5.92 Å². The summed E-state index contributed by atoms with van der Waals surface area (Å²) in [4.78, 5) is 81.4. The molecular weight excluding hydrogens is 721 g/mol. The van der Waals surface area contributed by atoms with Crippen LogP contribution in [0.5, 0.6) is 0 Å². The second kappa shape index (κ2) is 19.1. The molecule has 0 saturated carbocycles. The molecule has 57 heavy (non-hydrogen) atoms. The van der Waals surface area contributed by atoms with Crippen LogP contribution in [0.4, 0.5) is 5.69 Å². The van der Waals surface area contributed by atoms with E-state index in [1.165, 1.54) is 0 Å². The van der Waals surface area contributed by atoms with Gasteiger partial charge in [-0.2, -0.15) is 0 Å². The van der Waals surface area contributed by atoms with E-state index < -0.39 is 59.4 Å². The summed E-state index contributed by atoms with van der Waals surface area (Å²) in [5.41, 5.74) is 4.96. The lowest BCUT2D eigenvalue weighted by Gasteiger charge is -2.26. The van der Waals surface area contributed by atoms with Gasteiger partial charge in [-0.05, 0) is 58.4 Å². The first-order chi connectivity index (χ1) is 27.6. The number of anilines is 1. The first kappa shape index (κ1) is 39.8. The van der Waals surface area contributed by atoms with Crippen LogP contribution in [-0.4, -0.2) is 52.6 Å². The average molecular weight is 765 g/mol. The molecule has 7 rings (SSSR count). The predicted octanol–water partition coefficient (Wildman–Crippen LogP) is 5.60. The summed E-state index contributed by atoms with van der Waals surface area (Å²) >= 11 is 0. The molecule has 4 amide bonds. The summed E-state index contributed by atoms with van der Waals surface area (Å²) in [7, 11) is 0. The van der Waals surface area contributed by atoms with Crippen LogP contribution in [0.3, 0.4) is 0 Å². The summed E-state index contributed by atoms with van der Waals surface area (Å²) < 4.78 is 0. The number of nitrogens with one attached hydrogen (secondary N) is 4. The van der Waals surface area contributed by atoms with Crippen LogP contribution >= 0.6 is 0 Å². The largest absolute Gasteiger partial charge is 0.481 e. The Morgan fingerprint density at radius 3 is 1.74 bits per heavy atom. The number of fused-ring (bicyclic) bond motifs is 18. The number of carbonyl (C=O) groups is 6. The van der Waals surface area contributed by atoms with Gasteiger partial charge in [-0.3, -0.25) is 28.8 Å². The Balaban J connectivity index is 1.36. The third-order valence-electron chi connectivity index (χ3n) is 9.92. The van der Waals surface area contributed by atoms with Crippen LogP contribution in [0.25, 0.3) is 11.1 Å². The molecule has 5 aromatic carbocycles. The van der Waals surface area contributed by atoms with Gasteiger partial charge in [0.1, 0.15) is 12.1 Å². The van der Waals surface area contributed by atoms with Gasteiger partial charge in [0, 0.05) is 31.4 Å². The molecule has 5 aromatic rings. The van der Waals surface area contributed by atoms with Gasteiger partial charge in [0.05, 0.1) is 12.0 Å². The summed E-state index contributed by atoms with van der Waals surface area (Å²) in [6, 6.07) is 38.0. The lowest BCUT2D eigenvalue weighted by molar-refractivity contribution is -0.144. The number of carboxylic acid groups (broad SMARTS) is 1. The number of aliphatic carboxylic acids is 1. The molecule has 0 fully saturated rings. The smallest absolute Gasteiger partial charge is 0.307 e. The molecule has 0 aliphatic carbocycles. The van der Waals surface area contributed by atoms with Crippen molar-refractivity contribution in [1.82, 2.24) is 16.0 Å². The number of carbonyl (C=O) groups excluding carboxylic acids is 5. The quantitative estimate of drug-likeness (QED) is 0.134. The number of hydrogen-bond acceptors (Lipinski definition) is 6. The standard InChI is InChI=1S/C46H44N4O7/c51-40-29-36(46(56)57)26-31-18-22-37(23-19-31)47-41(52)24-25-42(53)50-43(35-14-8-3-9-15-35)45(55)49-39(44(54)48-38(40)27-30-10-4-1-5-11-30)28-32-16-20-34(21-17-32)33-12-6-2-7-13-33/h1-23,36,38-39,43H,24-29H2,(H,47,52)(H,48,54)(H,49,55)(H,50,53)(H,56,57)/t36-,38-,39+,43-/m1/s1. The van der Waals surface area contributed by atoms with E-state index in [0.29, 0.717) is 16.8 Å². The van der Waals surface area contributed by atoms with Crippen LogP contribution in [0.15, 0.2) is 140 Å². The van der Waals surface area contributed by atoms with Gasteiger partial charge in [-0.25, -0.2) is 0 Å². The third kappa shape index (κ3) is 11.3. The fraction of sp³-hybridized carbons (Fsp3) is 0.217. The molecule has 0 saturated heterocycles. The van der Waals surface area contributed by atoms with Crippen LogP contribution in [-0.2, 0) is 48.0 Å². The molecule has 0 radical (unpaired) electrons. The fourth-order valence-electron chi connectivity index (χ4n) is 6.80. The van der Waals surface area contributed by atoms with E-state index in [1.807, 2.05) is 84.9 Å². The first-order valence-electron chi connectivity index (χ1n) is 18.9. The zero-order chi connectivity index (χ0) is 40.1. The minimum atomic E-state index is -1.22. The predicted molar refractivity (Wildman–Crippen MR) is 216 cm³/mol. The van der Waals surface area contributed by atoms with Crippen LogP contribution < -0.4 is 21.3 Å². The van der Waals surface area contributed by atoms with E-state index in [2.05, 4.69) is 21.3 Å². The zero-order valence-corrected chi connectivity index (χ0v) is 31.2. The van der Waals surface area contributed by atoms with Crippen molar-refractivity contribution in [2.45, 2.75) is 56.7 Å². The van der Waals surface area contributed by atoms with Crippen molar-refractivity contribution in [3.05, 3.63) is 162 Å². The SMILES string of the molecule is O=C1CCC(=O)N[C@H](c2ccccc2)C(=O)N[C@@H](Cc2ccc(-c3ccccc3)cc2)C(=O)N[C@H](Cc2ccccc2)C(=O)C[C@H](C(=O)O)Cc2ccc(cc2)N1. The topological polar surface area (TPSA) is 171 Å². The van der Waals surface area contributed by atoms with Crippen molar-refractivity contribution in [1.29, 1.82) is 0 Å². The molecule has 2 bridgehead atoms. The van der Waals surface area contributed by atoms with Crippen LogP contribution in [0.2, 0.25) is 0 Å². The van der Waals surface area contributed by atoms with Gasteiger partial charge in [0.2, 0.25) is 23.6 Å². The number of ketones is 1. The molecule has 0 aromatic heterocycles. The number of benzene rings is 5. The highest BCUT2D eigenvalue weighted by atomic mass is 16.4. The summed E-state index contributed by atoms with van der Waals surface area (Å²) in [5.74, 6) is -5.09. The van der Waals surface area contributed by atoms with Gasteiger partial charge in [-0.15, -0.1) is 0 Å². The normalized spacial score (nSPS) is 20.0. The van der Waals surface area contributed by atoms with Gasteiger partial charge < -0.3 is 26.4 Å². The number of rotatable bonds is 7. The monoisotopic (exact) mass is 764 g/mol. The Kier molecular flexibility index (Phi) is 13.4. The first-order valence-corrected chi connectivity index (χ1v) is 18.9.